The van der Waals surface area contributed by atoms with E-state index in [-0.39, 0.29) is 11.8 Å². The number of carbonyl (C=O) groups excluding carboxylic acids is 2. The summed E-state index contributed by atoms with van der Waals surface area (Å²) in [5.41, 5.74) is 2.13. The van der Waals surface area contributed by atoms with E-state index < -0.39 is 0 Å². The third kappa shape index (κ3) is 4.57. The van der Waals surface area contributed by atoms with Crippen LogP contribution in [0.15, 0.2) is 42.5 Å². The molecule has 5 nitrogen and oxygen atoms in total. The molecule has 0 aliphatic carbocycles. The molecule has 0 saturated heterocycles. The average molecular weight is 347 g/mol. The summed E-state index contributed by atoms with van der Waals surface area (Å²) in [6.45, 7) is 2.70. The third-order valence-electron chi connectivity index (χ3n) is 3.38. The molecule has 0 atom stereocenters. The van der Waals surface area contributed by atoms with Crippen molar-refractivity contribution >= 4 is 29.1 Å². The van der Waals surface area contributed by atoms with Crippen LogP contribution in [-0.4, -0.2) is 32.1 Å². The van der Waals surface area contributed by atoms with Gasteiger partial charge in [0.05, 0.1) is 28.4 Å². The minimum Gasteiger partial charge on any atom is -0.383 e. The van der Waals surface area contributed by atoms with E-state index in [0.29, 0.717) is 35.0 Å². The Labute approximate surface area is 146 Å². The maximum absolute atomic E-state index is 12.4. The maximum Gasteiger partial charge on any atom is 0.257 e. The summed E-state index contributed by atoms with van der Waals surface area (Å²) >= 11 is 6.12. The smallest absolute Gasteiger partial charge is 0.257 e. The highest BCUT2D eigenvalue weighted by Crippen LogP contribution is 2.21. The Morgan fingerprint density at radius 3 is 2.54 bits per heavy atom. The lowest BCUT2D eigenvalue weighted by molar-refractivity contribution is 0.0938. The van der Waals surface area contributed by atoms with Crippen LogP contribution in [0.5, 0.6) is 0 Å². The van der Waals surface area contributed by atoms with Crippen molar-refractivity contribution in [3.63, 3.8) is 0 Å². The lowest BCUT2D eigenvalue weighted by Crippen LogP contribution is -2.28. The van der Waals surface area contributed by atoms with Crippen molar-refractivity contribution < 1.29 is 14.3 Å². The van der Waals surface area contributed by atoms with E-state index in [9.17, 15) is 9.59 Å². The van der Waals surface area contributed by atoms with Crippen LogP contribution in [0, 0.1) is 6.92 Å². The van der Waals surface area contributed by atoms with Gasteiger partial charge in [-0.3, -0.25) is 9.59 Å². The molecule has 2 N–H and O–H groups in total. The second-order valence-electron chi connectivity index (χ2n) is 5.23. The minimum atomic E-state index is -0.364. The fourth-order valence-electron chi connectivity index (χ4n) is 2.15. The predicted octanol–water partition coefficient (Wildman–Crippen LogP) is 3.28. The van der Waals surface area contributed by atoms with E-state index in [4.69, 9.17) is 16.3 Å². The first-order chi connectivity index (χ1) is 11.5. The Morgan fingerprint density at radius 1 is 1.08 bits per heavy atom. The SMILES string of the molecule is COCCNC(=O)c1ccccc1NC(=O)c1ccc(C)cc1Cl. The fourth-order valence-corrected chi connectivity index (χ4v) is 2.47. The largest absolute Gasteiger partial charge is 0.383 e. The van der Waals surface area contributed by atoms with Crippen LogP contribution in [0.4, 0.5) is 5.69 Å². The molecule has 0 heterocycles. The monoisotopic (exact) mass is 346 g/mol. The van der Waals surface area contributed by atoms with Crippen molar-refractivity contribution in [1.29, 1.82) is 0 Å². The summed E-state index contributed by atoms with van der Waals surface area (Å²) < 4.78 is 4.90. The van der Waals surface area contributed by atoms with Gasteiger partial charge in [0.25, 0.3) is 11.8 Å². The van der Waals surface area contributed by atoms with Gasteiger partial charge in [0, 0.05) is 13.7 Å². The number of hydrogen-bond donors (Lipinski definition) is 2. The number of carbonyl (C=O) groups is 2. The summed E-state index contributed by atoms with van der Waals surface area (Å²) in [7, 11) is 1.56. The van der Waals surface area contributed by atoms with Crippen molar-refractivity contribution in [1.82, 2.24) is 5.32 Å². The van der Waals surface area contributed by atoms with Crippen LogP contribution in [0.1, 0.15) is 26.3 Å². The molecule has 0 radical (unpaired) electrons. The number of halogens is 1. The standard InChI is InChI=1S/C18H19ClN2O3/c1-12-7-8-13(15(19)11-12)18(23)21-16-6-4-3-5-14(16)17(22)20-9-10-24-2/h3-8,11H,9-10H2,1-2H3,(H,20,22)(H,21,23). The number of ether oxygens (including phenoxy) is 1. The molecule has 0 aliphatic heterocycles. The number of para-hydroxylation sites is 1. The van der Waals surface area contributed by atoms with E-state index in [0.717, 1.165) is 5.56 Å². The van der Waals surface area contributed by atoms with Crippen LogP contribution in [0.2, 0.25) is 5.02 Å². The van der Waals surface area contributed by atoms with Crippen LogP contribution < -0.4 is 10.6 Å². The van der Waals surface area contributed by atoms with Gasteiger partial charge >= 0.3 is 0 Å². The zero-order valence-corrected chi connectivity index (χ0v) is 14.3. The molecule has 6 heteroatoms. The molecule has 2 aromatic rings. The highest BCUT2D eigenvalue weighted by Gasteiger charge is 2.15. The van der Waals surface area contributed by atoms with Crippen LogP contribution in [0.25, 0.3) is 0 Å². The van der Waals surface area contributed by atoms with Gasteiger partial charge in [-0.25, -0.2) is 0 Å². The molecule has 0 fully saturated rings. The predicted molar refractivity (Wildman–Crippen MR) is 94.8 cm³/mol. The summed E-state index contributed by atoms with van der Waals surface area (Å²) in [5, 5.41) is 5.84. The quantitative estimate of drug-likeness (QED) is 0.789. The van der Waals surface area contributed by atoms with E-state index in [1.807, 2.05) is 13.0 Å². The van der Waals surface area contributed by atoms with Crippen molar-refractivity contribution in [2.24, 2.45) is 0 Å². The van der Waals surface area contributed by atoms with Gasteiger partial charge in [0.1, 0.15) is 0 Å². The lowest BCUT2D eigenvalue weighted by atomic mass is 10.1. The van der Waals surface area contributed by atoms with Gasteiger partial charge in [-0.2, -0.15) is 0 Å². The van der Waals surface area contributed by atoms with Crippen molar-refractivity contribution in [3.05, 3.63) is 64.2 Å². The van der Waals surface area contributed by atoms with Crippen LogP contribution >= 0.6 is 11.6 Å². The number of benzene rings is 2. The molecule has 0 aromatic heterocycles. The van der Waals surface area contributed by atoms with E-state index in [1.165, 1.54) is 0 Å². The van der Waals surface area contributed by atoms with Gasteiger partial charge in [-0.05, 0) is 36.8 Å². The number of rotatable bonds is 6. The van der Waals surface area contributed by atoms with E-state index in [2.05, 4.69) is 10.6 Å². The van der Waals surface area contributed by atoms with Crippen LogP contribution in [0.3, 0.4) is 0 Å². The first-order valence-corrected chi connectivity index (χ1v) is 7.84. The van der Waals surface area contributed by atoms with Gasteiger partial charge < -0.3 is 15.4 Å². The summed E-state index contributed by atoms with van der Waals surface area (Å²) in [6, 6.07) is 12.0. The molecule has 0 unspecified atom stereocenters. The highest BCUT2D eigenvalue weighted by molar-refractivity contribution is 6.34. The minimum absolute atomic E-state index is 0.280. The molecular formula is C18H19ClN2O3. The second kappa shape index (κ2) is 8.47. The Balaban J connectivity index is 2.17. The van der Waals surface area contributed by atoms with Crippen molar-refractivity contribution in [3.8, 4) is 0 Å². The Kier molecular flexibility index (Phi) is 6.35. The number of methoxy groups -OCH3 is 1. The first kappa shape index (κ1) is 18.0. The second-order valence-corrected chi connectivity index (χ2v) is 5.64. The molecule has 24 heavy (non-hydrogen) atoms. The fraction of sp³-hybridized carbons (Fsp3) is 0.222. The van der Waals surface area contributed by atoms with E-state index in [1.54, 1.807) is 43.5 Å². The summed E-state index contributed by atoms with van der Waals surface area (Å²) in [5.74, 6) is -0.643. The van der Waals surface area contributed by atoms with Gasteiger partial charge in [0.15, 0.2) is 0 Å². The molecule has 0 spiro atoms. The number of hydrogen-bond acceptors (Lipinski definition) is 3. The van der Waals surface area contributed by atoms with Crippen molar-refractivity contribution in [2.75, 3.05) is 25.6 Å². The average Bonchev–Trinajstić information content (AvgIpc) is 2.55. The molecular weight excluding hydrogens is 328 g/mol. The zero-order valence-electron chi connectivity index (χ0n) is 13.6. The molecule has 0 aliphatic rings. The molecule has 0 saturated carbocycles. The Hall–Kier alpha value is -2.37. The Morgan fingerprint density at radius 2 is 1.83 bits per heavy atom. The number of amides is 2. The molecule has 126 valence electrons. The summed E-state index contributed by atoms with van der Waals surface area (Å²) in [6.07, 6.45) is 0. The van der Waals surface area contributed by atoms with Gasteiger partial charge in [-0.1, -0.05) is 29.8 Å². The molecule has 0 bridgehead atoms. The third-order valence-corrected chi connectivity index (χ3v) is 3.69. The highest BCUT2D eigenvalue weighted by atomic mass is 35.5. The maximum atomic E-state index is 12.4. The molecule has 2 rings (SSSR count). The van der Waals surface area contributed by atoms with E-state index >= 15 is 0 Å². The number of aryl methyl sites for hydroxylation is 1. The lowest BCUT2D eigenvalue weighted by Gasteiger charge is -2.12. The van der Waals surface area contributed by atoms with Gasteiger partial charge in [0.2, 0.25) is 0 Å². The topological polar surface area (TPSA) is 67.4 Å². The number of nitrogens with one attached hydrogen (secondary N) is 2. The zero-order chi connectivity index (χ0) is 17.5. The Bertz CT molecular complexity index is 747. The first-order valence-electron chi connectivity index (χ1n) is 7.46. The molecule has 2 amide bonds. The van der Waals surface area contributed by atoms with Crippen LogP contribution in [-0.2, 0) is 4.74 Å². The normalized spacial score (nSPS) is 10.3. The number of anilines is 1. The van der Waals surface area contributed by atoms with Crippen molar-refractivity contribution in [2.45, 2.75) is 6.92 Å². The molecule has 2 aromatic carbocycles. The van der Waals surface area contributed by atoms with Gasteiger partial charge in [-0.15, -0.1) is 0 Å². The summed E-state index contributed by atoms with van der Waals surface area (Å²) in [4.78, 5) is 24.7.